The normalized spacial score (nSPS) is 23.1. The Morgan fingerprint density at radius 3 is 2.60 bits per heavy atom. The standard InChI is InChI=1S/C16H21N3O/c1-2-18-8-10-19(11-9-18)12-13-5-6-15(20)16-14(13)4-3-7-17-16/h3-7,20H,2,8-12H2,1H3/p+2. The van der Waals surface area contributed by atoms with Gasteiger partial charge in [0.2, 0.25) is 0 Å². The zero-order valence-electron chi connectivity index (χ0n) is 12.0. The van der Waals surface area contributed by atoms with Crippen LogP contribution in [0.5, 0.6) is 5.75 Å². The molecule has 0 radical (unpaired) electrons. The number of quaternary nitrogens is 2. The highest BCUT2D eigenvalue weighted by atomic mass is 16.3. The summed E-state index contributed by atoms with van der Waals surface area (Å²) in [7, 11) is 0. The lowest BCUT2D eigenvalue weighted by Crippen LogP contribution is -3.27. The molecule has 1 aliphatic rings. The molecule has 0 unspecified atom stereocenters. The number of phenols is 1. The van der Waals surface area contributed by atoms with Gasteiger partial charge in [0.1, 0.15) is 44.0 Å². The van der Waals surface area contributed by atoms with Crippen LogP contribution in [0.15, 0.2) is 30.5 Å². The topological polar surface area (TPSA) is 42.0 Å². The summed E-state index contributed by atoms with van der Waals surface area (Å²) in [5.41, 5.74) is 2.02. The number of nitrogens with one attached hydrogen (secondary N) is 2. The second-order valence-corrected chi connectivity index (χ2v) is 5.67. The molecule has 4 heteroatoms. The summed E-state index contributed by atoms with van der Waals surface area (Å²) < 4.78 is 0. The molecule has 0 aliphatic carbocycles. The van der Waals surface area contributed by atoms with Gasteiger partial charge in [0.05, 0.1) is 6.54 Å². The molecule has 0 atom stereocenters. The van der Waals surface area contributed by atoms with Crippen molar-refractivity contribution in [3.05, 3.63) is 36.0 Å². The molecular formula is C16H23N3O+2. The van der Waals surface area contributed by atoms with Crippen LogP contribution in [0.1, 0.15) is 12.5 Å². The summed E-state index contributed by atoms with van der Waals surface area (Å²) in [5.74, 6) is 0.277. The first-order valence-electron chi connectivity index (χ1n) is 7.50. The lowest BCUT2D eigenvalue weighted by molar-refractivity contribution is -1.02. The maximum Gasteiger partial charge on any atom is 0.141 e. The lowest BCUT2D eigenvalue weighted by atomic mass is 10.1. The third kappa shape index (κ3) is 2.62. The molecule has 0 saturated carbocycles. The summed E-state index contributed by atoms with van der Waals surface area (Å²) >= 11 is 0. The SMILES string of the molecule is CC[NH+]1CC[NH+](Cc2ccc(O)c3ncccc23)CC1. The highest BCUT2D eigenvalue weighted by molar-refractivity contribution is 5.86. The van der Waals surface area contributed by atoms with Crippen LogP contribution in [-0.2, 0) is 6.54 Å². The summed E-state index contributed by atoms with van der Waals surface area (Å²) in [6, 6.07) is 7.83. The molecule has 1 aromatic heterocycles. The first-order valence-corrected chi connectivity index (χ1v) is 7.50. The van der Waals surface area contributed by atoms with Crippen LogP contribution >= 0.6 is 0 Å². The molecule has 2 heterocycles. The van der Waals surface area contributed by atoms with Gasteiger partial charge in [0.25, 0.3) is 0 Å². The van der Waals surface area contributed by atoms with Crippen molar-refractivity contribution < 1.29 is 14.9 Å². The number of rotatable bonds is 3. The minimum atomic E-state index is 0.277. The van der Waals surface area contributed by atoms with Crippen molar-refractivity contribution >= 4 is 10.9 Å². The fraction of sp³-hybridized carbons (Fsp3) is 0.438. The van der Waals surface area contributed by atoms with Crippen molar-refractivity contribution in [2.75, 3.05) is 32.7 Å². The van der Waals surface area contributed by atoms with Crippen LogP contribution in [-0.4, -0.2) is 42.8 Å². The maximum absolute atomic E-state index is 9.90. The van der Waals surface area contributed by atoms with E-state index in [4.69, 9.17) is 0 Å². The van der Waals surface area contributed by atoms with Gasteiger partial charge in [-0.3, -0.25) is 4.98 Å². The van der Waals surface area contributed by atoms with E-state index in [2.05, 4.69) is 18.0 Å². The zero-order chi connectivity index (χ0) is 13.9. The van der Waals surface area contributed by atoms with Crippen molar-refractivity contribution in [1.82, 2.24) is 4.98 Å². The predicted molar refractivity (Wildman–Crippen MR) is 79.0 cm³/mol. The van der Waals surface area contributed by atoms with E-state index in [-0.39, 0.29) is 5.75 Å². The van der Waals surface area contributed by atoms with Crippen molar-refractivity contribution in [3.63, 3.8) is 0 Å². The Bertz CT molecular complexity index is 591. The smallest absolute Gasteiger partial charge is 0.141 e. The van der Waals surface area contributed by atoms with Gasteiger partial charge in [-0.25, -0.2) is 0 Å². The molecule has 1 aliphatic heterocycles. The first kappa shape index (κ1) is 13.3. The van der Waals surface area contributed by atoms with Crippen LogP contribution in [0.2, 0.25) is 0 Å². The number of pyridine rings is 1. The Labute approximate surface area is 119 Å². The van der Waals surface area contributed by atoms with Crippen molar-refractivity contribution in [2.24, 2.45) is 0 Å². The number of nitrogens with zero attached hydrogens (tertiary/aromatic N) is 1. The number of phenolic OH excluding ortho intramolecular Hbond substituents is 1. The molecule has 3 rings (SSSR count). The first-order chi connectivity index (χ1) is 9.78. The van der Waals surface area contributed by atoms with E-state index >= 15 is 0 Å². The Morgan fingerprint density at radius 1 is 1.10 bits per heavy atom. The molecule has 2 aromatic rings. The van der Waals surface area contributed by atoms with Gasteiger partial charge < -0.3 is 14.9 Å². The summed E-state index contributed by atoms with van der Waals surface area (Å²) in [4.78, 5) is 7.65. The van der Waals surface area contributed by atoms with Gasteiger partial charge >= 0.3 is 0 Å². The van der Waals surface area contributed by atoms with Gasteiger partial charge in [-0.1, -0.05) is 6.07 Å². The molecule has 3 N–H and O–H groups in total. The average Bonchev–Trinajstić information content (AvgIpc) is 2.51. The molecule has 1 aromatic carbocycles. The monoisotopic (exact) mass is 273 g/mol. The van der Waals surface area contributed by atoms with Crippen molar-refractivity contribution in [2.45, 2.75) is 13.5 Å². The molecule has 1 fully saturated rings. The highest BCUT2D eigenvalue weighted by Crippen LogP contribution is 2.24. The van der Waals surface area contributed by atoms with E-state index in [9.17, 15) is 5.11 Å². The van der Waals surface area contributed by atoms with E-state index in [1.54, 1.807) is 22.1 Å². The van der Waals surface area contributed by atoms with Crippen LogP contribution in [0.4, 0.5) is 0 Å². The van der Waals surface area contributed by atoms with E-state index in [0.29, 0.717) is 0 Å². The Kier molecular flexibility index (Phi) is 3.85. The summed E-state index contributed by atoms with van der Waals surface area (Å²) in [5, 5.41) is 11.0. The van der Waals surface area contributed by atoms with Crippen LogP contribution in [0.3, 0.4) is 0 Å². The average molecular weight is 273 g/mol. The van der Waals surface area contributed by atoms with Gasteiger partial charge in [-0.05, 0) is 25.1 Å². The Morgan fingerprint density at radius 2 is 1.85 bits per heavy atom. The number of hydrogen-bond acceptors (Lipinski definition) is 2. The second-order valence-electron chi connectivity index (χ2n) is 5.67. The largest absolute Gasteiger partial charge is 0.506 e. The molecule has 0 bridgehead atoms. The number of piperazine rings is 1. The summed E-state index contributed by atoms with van der Waals surface area (Å²) in [6.07, 6.45) is 1.74. The highest BCUT2D eigenvalue weighted by Gasteiger charge is 2.22. The Balaban J connectivity index is 1.80. The molecule has 0 spiro atoms. The van der Waals surface area contributed by atoms with E-state index < -0.39 is 0 Å². The molecule has 106 valence electrons. The van der Waals surface area contributed by atoms with Crippen LogP contribution in [0.25, 0.3) is 10.9 Å². The quantitative estimate of drug-likeness (QED) is 0.688. The lowest BCUT2D eigenvalue weighted by Gasteiger charge is -2.29. The van der Waals surface area contributed by atoms with Crippen LogP contribution in [0, 0.1) is 0 Å². The third-order valence-corrected chi connectivity index (χ3v) is 4.44. The third-order valence-electron chi connectivity index (χ3n) is 4.44. The maximum atomic E-state index is 9.90. The van der Waals surface area contributed by atoms with Gasteiger partial charge in [0, 0.05) is 17.1 Å². The number of likely N-dealkylation sites (N-methyl/N-ethyl adjacent to an activating group) is 1. The minimum Gasteiger partial charge on any atom is -0.506 e. The number of hydrogen-bond donors (Lipinski definition) is 3. The fourth-order valence-electron chi connectivity index (χ4n) is 3.13. The van der Waals surface area contributed by atoms with Gasteiger partial charge in [0.15, 0.2) is 0 Å². The second kappa shape index (κ2) is 5.77. The summed E-state index contributed by atoms with van der Waals surface area (Å²) in [6.45, 7) is 9.51. The Hall–Kier alpha value is -1.65. The van der Waals surface area contributed by atoms with E-state index in [1.165, 1.54) is 38.3 Å². The van der Waals surface area contributed by atoms with Gasteiger partial charge in [-0.2, -0.15) is 0 Å². The van der Waals surface area contributed by atoms with Crippen LogP contribution < -0.4 is 9.80 Å². The number of aromatic nitrogens is 1. The van der Waals surface area contributed by atoms with E-state index in [0.717, 1.165) is 17.4 Å². The molecule has 1 saturated heterocycles. The fourth-order valence-corrected chi connectivity index (χ4v) is 3.13. The van der Waals surface area contributed by atoms with Crippen molar-refractivity contribution in [3.8, 4) is 5.75 Å². The molecular weight excluding hydrogens is 250 g/mol. The number of benzene rings is 1. The molecule has 20 heavy (non-hydrogen) atoms. The zero-order valence-corrected chi connectivity index (χ0v) is 12.0. The van der Waals surface area contributed by atoms with E-state index in [1.807, 2.05) is 12.1 Å². The van der Waals surface area contributed by atoms with Crippen molar-refractivity contribution in [1.29, 1.82) is 0 Å². The van der Waals surface area contributed by atoms with Gasteiger partial charge in [-0.15, -0.1) is 0 Å². The predicted octanol–water partition coefficient (Wildman–Crippen LogP) is -0.756. The number of fused-ring (bicyclic) bond motifs is 1. The number of aromatic hydroxyl groups is 1. The molecule has 0 amide bonds. The molecule has 4 nitrogen and oxygen atoms in total. The minimum absolute atomic E-state index is 0.277.